The Bertz CT molecular complexity index is 441. The topological polar surface area (TPSA) is 53.6 Å². The Morgan fingerprint density at radius 2 is 2.31 bits per heavy atom. The molecule has 0 saturated heterocycles. The zero-order chi connectivity index (χ0) is 11.4. The molecule has 0 fully saturated rings. The molecule has 2 aromatic heterocycles. The number of pyridine rings is 1. The first-order valence-electron chi connectivity index (χ1n) is 5.09. The van der Waals surface area contributed by atoms with Gasteiger partial charge in [0.1, 0.15) is 5.15 Å². The molecular weight excluding hydrogens is 224 g/mol. The highest BCUT2D eigenvalue weighted by molar-refractivity contribution is 6.29. The Morgan fingerprint density at radius 1 is 1.44 bits per heavy atom. The van der Waals surface area contributed by atoms with Crippen molar-refractivity contribution in [1.29, 1.82) is 0 Å². The van der Waals surface area contributed by atoms with E-state index in [1.807, 2.05) is 18.2 Å². The number of H-pyrrole nitrogens is 1. The predicted molar refractivity (Wildman–Crippen MR) is 63.1 cm³/mol. The number of nitrogens with zero attached hydrogens (tertiary/aromatic N) is 2. The van der Waals surface area contributed by atoms with Gasteiger partial charge in [-0.2, -0.15) is 5.10 Å². The SMILES string of the molecule is CC(NCc1ccn[nH]1)c1ccnc(Cl)c1. The van der Waals surface area contributed by atoms with Gasteiger partial charge in [-0.15, -0.1) is 0 Å². The van der Waals surface area contributed by atoms with Crippen LogP contribution in [0.3, 0.4) is 0 Å². The van der Waals surface area contributed by atoms with E-state index >= 15 is 0 Å². The van der Waals surface area contributed by atoms with E-state index in [-0.39, 0.29) is 6.04 Å². The summed E-state index contributed by atoms with van der Waals surface area (Å²) in [7, 11) is 0. The zero-order valence-corrected chi connectivity index (χ0v) is 9.70. The Hall–Kier alpha value is -1.39. The van der Waals surface area contributed by atoms with Crippen molar-refractivity contribution in [3.05, 3.63) is 47.0 Å². The van der Waals surface area contributed by atoms with E-state index in [4.69, 9.17) is 11.6 Å². The molecule has 84 valence electrons. The predicted octanol–water partition coefficient (Wildman–Crippen LogP) is 2.31. The molecule has 0 saturated carbocycles. The fourth-order valence-electron chi connectivity index (χ4n) is 1.45. The first-order valence-corrected chi connectivity index (χ1v) is 5.46. The van der Waals surface area contributed by atoms with Crippen molar-refractivity contribution in [2.75, 3.05) is 0 Å². The summed E-state index contributed by atoms with van der Waals surface area (Å²) in [5.41, 5.74) is 2.19. The lowest BCUT2D eigenvalue weighted by Gasteiger charge is -2.13. The fraction of sp³-hybridized carbons (Fsp3) is 0.273. The van der Waals surface area contributed by atoms with Crippen molar-refractivity contribution in [3.63, 3.8) is 0 Å². The van der Waals surface area contributed by atoms with Crippen molar-refractivity contribution in [1.82, 2.24) is 20.5 Å². The molecule has 5 heteroatoms. The van der Waals surface area contributed by atoms with Gasteiger partial charge >= 0.3 is 0 Å². The molecule has 0 aromatic carbocycles. The largest absolute Gasteiger partial charge is 0.305 e. The molecule has 0 amide bonds. The van der Waals surface area contributed by atoms with Crippen LogP contribution in [0.4, 0.5) is 0 Å². The highest BCUT2D eigenvalue weighted by Crippen LogP contribution is 2.15. The number of nitrogens with one attached hydrogen (secondary N) is 2. The molecular formula is C11H13ClN4. The van der Waals surface area contributed by atoms with E-state index in [9.17, 15) is 0 Å². The van der Waals surface area contributed by atoms with Gasteiger partial charge in [-0.3, -0.25) is 5.10 Å². The molecule has 2 rings (SSSR count). The van der Waals surface area contributed by atoms with Crippen LogP contribution >= 0.6 is 11.6 Å². The maximum Gasteiger partial charge on any atom is 0.129 e. The summed E-state index contributed by atoms with van der Waals surface area (Å²) in [5, 5.41) is 10.7. The lowest BCUT2D eigenvalue weighted by Crippen LogP contribution is -2.18. The lowest BCUT2D eigenvalue weighted by atomic mass is 10.1. The number of halogens is 1. The van der Waals surface area contributed by atoms with Gasteiger partial charge in [-0.25, -0.2) is 4.98 Å². The molecule has 0 spiro atoms. The van der Waals surface area contributed by atoms with Crippen LogP contribution in [-0.2, 0) is 6.54 Å². The summed E-state index contributed by atoms with van der Waals surface area (Å²) in [4.78, 5) is 3.95. The maximum absolute atomic E-state index is 5.83. The van der Waals surface area contributed by atoms with Gasteiger partial charge in [0, 0.05) is 30.7 Å². The van der Waals surface area contributed by atoms with Gasteiger partial charge in [0.15, 0.2) is 0 Å². The first-order chi connectivity index (χ1) is 7.75. The molecule has 0 aliphatic heterocycles. The minimum absolute atomic E-state index is 0.226. The number of hydrogen-bond acceptors (Lipinski definition) is 3. The maximum atomic E-state index is 5.83. The van der Waals surface area contributed by atoms with E-state index in [2.05, 4.69) is 27.4 Å². The van der Waals surface area contributed by atoms with Crippen molar-refractivity contribution >= 4 is 11.6 Å². The minimum Gasteiger partial charge on any atom is -0.305 e. The van der Waals surface area contributed by atoms with E-state index < -0.39 is 0 Å². The van der Waals surface area contributed by atoms with Crippen molar-refractivity contribution in [3.8, 4) is 0 Å². The normalized spacial score (nSPS) is 12.6. The molecule has 2 N–H and O–H groups in total. The quantitative estimate of drug-likeness (QED) is 0.801. The van der Waals surface area contributed by atoms with E-state index in [1.54, 1.807) is 12.4 Å². The van der Waals surface area contributed by atoms with Crippen LogP contribution in [0.25, 0.3) is 0 Å². The van der Waals surface area contributed by atoms with Crippen molar-refractivity contribution in [2.45, 2.75) is 19.5 Å². The van der Waals surface area contributed by atoms with E-state index in [0.717, 1.165) is 17.8 Å². The highest BCUT2D eigenvalue weighted by Gasteiger charge is 2.05. The van der Waals surface area contributed by atoms with Crippen LogP contribution in [0.1, 0.15) is 24.2 Å². The van der Waals surface area contributed by atoms with Crippen LogP contribution < -0.4 is 5.32 Å². The molecule has 0 bridgehead atoms. The summed E-state index contributed by atoms with van der Waals surface area (Å²) in [6, 6.07) is 5.99. The van der Waals surface area contributed by atoms with Crippen LogP contribution in [0.15, 0.2) is 30.6 Å². The minimum atomic E-state index is 0.226. The second-order valence-electron chi connectivity index (χ2n) is 3.60. The lowest BCUT2D eigenvalue weighted by molar-refractivity contribution is 0.566. The monoisotopic (exact) mass is 236 g/mol. The van der Waals surface area contributed by atoms with E-state index in [0.29, 0.717) is 5.15 Å². The summed E-state index contributed by atoms with van der Waals surface area (Å²) in [6.07, 6.45) is 3.46. The molecule has 4 nitrogen and oxygen atoms in total. The Balaban J connectivity index is 1.95. The number of aromatic amines is 1. The summed E-state index contributed by atoms with van der Waals surface area (Å²) in [6.45, 7) is 2.84. The smallest absolute Gasteiger partial charge is 0.129 e. The molecule has 16 heavy (non-hydrogen) atoms. The third-order valence-electron chi connectivity index (χ3n) is 2.41. The van der Waals surface area contributed by atoms with Gasteiger partial charge in [-0.05, 0) is 30.7 Å². The van der Waals surface area contributed by atoms with Gasteiger partial charge in [0.2, 0.25) is 0 Å². The summed E-state index contributed by atoms with van der Waals surface area (Å²) in [5.74, 6) is 0. The summed E-state index contributed by atoms with van der Waals surface area (Å²) >= 11 is 5.83. The summed E-state index contributed by atoms with van der Waals surface area (Å²) < 4.78 is 0. The average Bonchev–Trinajstić information content (AvgIpc) is 2.78. The highest BCUT2D eigenvalue weighted by atomic mass is 35.5. The Morgan fingerprint density at radius 3 is 3.00 bits per heavy atom. The van der Waals surface area contributed by atoms with Gasteiger partial charge < -0.3 is 5.32 Å². The van der Waals surface area contributed by atoms with Crippen LogP contribution in [0, 0.1) is 0 Å². The molecule has 0 radical (unpaired) electrons. The van der Waals surface area contributed by atoms with Crippen molar-refractivity contribution < 1.29 is 0 Å². The molecule has 0 aliphatic rings. The zero-order valence-electron chi connectivity index (χ0n) is 8.94. The van der Waals surface area contributed by atoms with Crippen molar-refractivity contribution in [2.24, 2.45) is 0 Å². The van der Waals surface area contributed by atoms with Gasteiger partial charge in [0.05, 0.1) is 0 Å². The molecule has 2 aromatic rings. The first kappa shape index (κ1) is 11.1. The second kappa shape index (κ2) is 5.09. The van der Waals surface area contributed by atoms with Crippen LogP contribution in [-0.4, -0.2) is 15.2 Å². The second-order valence-corrected chi connectivity index (χ2v) is 3.98. The molecule has 1 atom stereocenters. The van der Waals surface area contributed by atoms with Gasteiger partial charge in [-0.1, -0.05) is 11.6 Å². The molecule has 0 aliphatic carbocycles. The Labute approximate surface area is 99.1 Å². The van der Waals surface area contributed by atoms with Crippen LogP contribution in [0.2, 0.25) is 5.15 Å². The Kier molecular flexibility index (Phi) is 3.54. The van der Waals surface area contributed by atoms with E-state index in [1.165, 1.54) is 0 Å². The van der Waals surface area contributed by atoms with Gasteiger partial charge in [0.25, 0.3) is 0 Å². The molecule has 1 unspecified atom stereocenters. The fourth-order valence-corrected chi connectivity index (χ4v) is 1.63. The third kappa shape index (κ3) is 2.81. The van der Waals surface area contributed by atoms with Crippen LogP contribution in [0.5, 0.6) is 0 Å². The average molecular weight is 237 g/mol. The molecule has 2 heterocycles. The third-order valence-corrected chi connectivity index (χ3v) is 2.61. The number of hydrogen-bond donors (Lipinski definition) is 2. The number of aromatic nitrogens is 3. The number of rotatable bonds is 4. The standard InChI is InChI=1S/C11H13ClN4/c1-8(9-2-4-13-11(12)6-9)14-7-10-3-5-15-16-10/h2-6,8,14H,7H2,1H3,(H,15,16).